The first-order valence-corrected chi connectivity index (χ1v) is 7.44. The van der Waals surface area contributed by atoms with E-state index < -0.39 is 15.6 Å². The van der Waals surface area contributed by atoms with Gasteiger partial charge in [-0.1, -0.05) is 0 Å². The molecule has 2 unspecified atom stereocenters. The van der Waals surface area contributed by atoms with Crippen molar-refractivity contribution >= 4 is 10.0 Å². The van der Waals surface area contributed by atoms with Crippen LogP contribution in [-0.2, 0) is 19.5 Å². The zero-order valence-electron chi connectivity index (χ0n) is 10.3. The lowest BCUT2D eigenvalue weighted by Gasteiger charge is -2.26. The third-order valence-electron chi connectivity index (χ3n) is 2.96. The van der Waals surface area contributed by atoms with Gasteiger partial charge in [0.05, 0.1) is 18.5 Å². The van der Waals surface area contributed by atoms with Crippen LogP contribution in [0.15, 0.2) is 0 Å². The monoisotopic (exact) mass is 267 g/mol. The van der Waals surface area contributed by atoms with E-state index in [0.717, 1.165) is 0 Å². The SMILES string of the molecule is CCOCCS(=O)(=O)NCC1(O)CCOC1C. The van der Waals surface area contributed by atoms with Gasteiger partial charge in [-0.05, 0) is 13.8 Å². The minimum Gasteiger partial charge on any atom is -0.386 e. The Bertz CT molecular complexity index is 332. The van der Waals surface area contributed by atoms with E-state index in [1.807, 2.05) is 0 Å². The summed E-state index contributed by atoms with van der Waals surface area (Å²) in [6.45, 7) is 4.64. The van der Waals surface area contributed by atoms with Crippen molar-refractivity contribution < 1.29 is 23.0 Å². The van der Waals surface area contributed by atoms with Gasteiger partial charge < -0.3 is 14.6 Å². The Labute approximate surface area is 102 Å². The molecule has 1 aliphatic rings. The molecule has 0 bridgehead atoms. The molecule has 1 saturated heterocycles. The minimum absolute atomic E-state index is 0.0113. The molecule has 0 spiro atoms. The van der Waals surface area contributed by atoms with Crippen molar-refractivity contribution in [1.82, 2.24) is 4.72 Å². The van der Waals surface area contributed by atoms with Crippen LogP contribution in [-0.4, -0.2) is 57.3 Å². The molecule has 0 aromatic rings. The highest BCUT2D eigenvalue weighted by Gasteiger charge is 2.40. The van der Waals surface area contributed by atoms with Gasteiger partial charge in [0, 0.05) is 26.2 Å². The summed E-state index contributed by atoms with van der Waals surface area (Å²) in [4.78, 5) is 0. The first kappa shape index (κ1) is 14.8. The third kappa shape index (κ3) is 4.51. The van der Waals surface area contributed by atoms with Gasteiger partial charge in [-0.15, -0.1) is 0 Å². The summed E-state index contributed by atoms with van der Waals surface area (Å²) in [6.07, 6.45) is 0.0967. The molecule has 2 N–H and O–H groups in total. The average molecular weight is 267 g/mol. The summed E-state index contributed by atoms with van der Waals surface area (Å²) in [5.74, 6) is -0.0911. The summed E-state index contributed by atoms with van der Waals surface area (Å²) in [5.41, 5.74) is -1.10. The average Bonchev–Trinajstić information content (AvgIpc) is 2.58. The highest BCUT2D eigenvalue weighted by Crippen LogP contribution is 2.24. The lowest BCUT2D eigenvalue weighted by atomic mass is 9.97. The summed E-state index contributed by atoms with van der Waals surface area (Å²) < 4.78 is 35.7. The van der Waals surface area contributed by atoms with E-state index in [1.54, 1.807) is 13.8 Å². The standard InChI is InChI=1S/C10H21NO5S/c1-3-15-6-7-17(13,14)11-8-10(12)4-5-16-9(10)2/h9,11-12H,3-8H2,1-2H3. The molecule has 0 aromatic heterocycles. The van der Waals surface area contributed by atoms with E-state index in [-0.39, 0.29) is 25.0 Å². The Morgan fingerprint density at radius 2 is 2.29 bits per heavy atom. The van der Waals surface area contributed by atoms with Gasteiger partial charge >= 0.3 is 0 Å². The number of rotatable bonds is 7. The van der Waals surface area contributed by atoms with Crippen LogP contribution in [0.5, 0.6) is 0 Å². The molecular formula is C10H21NO5S. The highest BCUT2D eigenvalue weighted by molar-refractivity contribution is 7.89. The fourth-order valence-electron chi connectivity index (χ4n) is 1.62. The number of ether oxygens (including phenoxy) is 2. The van der Waals surface area contributed by atoms with Crippen LogP contribution in [0.2, 0.25) is 0 Å². The van der Waals surface area contributed by atoms with E-state index in [1.165, 1.54) is 0 Å². The second-order valence-electron chi connectivity index (χ2n) is 4.20. The summed E-state index contributed by atoms with van der Waals surface area (Å²) in [7, 11) is -3.39. The molecule has 1 aliphatic heterocycles. The molecule has 6 nitrogen and oxygen atoms in total. The molecule has 0 aliphatic carbocycles. The first-order valence-electron chi connectivity index (χ1n) is 5.79. The zero-order chi connectivity index (χ0) is 12.9. The lowest BCUT2D eigenvalue weighted by Crippen LogP contribution is -2.48. The fourth-order valence-corrected chi connectivity index (χ4v) is 2.57. The van der Waals surface area contributed by atoms with Crippen molar-refractivity contribution in [3.8, 4) is 0 Å². The van der Waals surface area contributed by atoms with Crippen molar-refractivity contribution in [1.29, 1.82) is 0 Å². The third-order valence-corrected chi connectivity index (χ3v) is 4.25. The maximum Gasteiger partial charge on any atom is 0.213 e. The van der Waals surface area contributed by atoms with Gasteiger partial charge in [-0.2, -0.15) is 0 Å². The van der Waals surface area contributed by atoms with Crippen LogP contribution in [0, 0.1) is 0 Å². The molecule has 0 radical (unpaired) electrons. The quantitative estimate of drug-likeness (QED) is 0.606. The van der Waals surface area contributed by atoms with Gasteiger partial charge in [-0.25, -0.2) is 13.1 Å². The van der Waals surface area contributed by atoms with Crippen LogP contribution in [0.25, 0.3) is 0 Å². The molecule has 102 valence electrons. The lowest BCUT2D eigenvalue weighted by molar-refractivity contribution is -0.0228. The van der Waals surface area contributed by atoms with Crippen molar-refractivity contribution in [2.24, 2.45) is 0 Å². The molecule has 0 aromatic carbocycles. The van der Waals surface area contributed by atoms with Crippen molar-refractivity contribution in [3.05, 3.63) is 0 Å². The fraction of sp³-hybridized carbons (Fsp3) is 1.00. The number of hydrogen-bond donors (Lipinski definition) is 2. The molecule has 1 heterocycles. The molecule has 0 amide bonds. The van der Waals surface area contributed by atoms with Crippen LogP contribution in [0.4, 0.5) is 0 Å². The largest absolute Gasteiger partial charge is 0.386 e. The van der Waals surface area contributed by atoms with E-state index in [2.05, 4.69) is 4.72 Å². The molecule has 1 rings (SSSR count). The number of nitrogens with one attached hydrogen (secondary N) is 1. The van der Waals surface area contributed by atoms with Gasteiger partial charge in [-0.3, -0.25) is 0 Å². The van der Waals surface area contributed by atoms with Gasteiger partial charge in [0.1, 0.15) is 5.60 Å². The second kappa shape index (κ2) is 6.10. The topological polar surface area (TPSA) is 84.9 Å². The summed E-state index contributed by atoms with van der Waals surface area (Å²) in [6, 6.07) is 0. The molecular weight excluding hydrogens is 246 g/mol. The van der Waals surface area contributed by atoms with E-state index in [0.29, 0.717) is 19.6 Å². The number of sulfonamides is 1. The zero-order valence-corrected chi connectivity index (χ0v) is 11.1. The second-order valence-corrected chi connectivity index (χ2v) is 6.13. The number of aliphatic hydroxyl groups is 1. The maximum atomic E-state index is 11.6. The normalized spacial score (nSPS) is 29.7. The van der Waals surface area contributed by atoms with Crippen LogP contribution in [0.1, 0.15) is 20.3 Å². The molecule has 1 fully saturated rings. The molecule has 17 heavy (non-hydrogen) atoms. The summed E-state index contributed by atoms with van der Waals surface area (Å²) in [5, 5.41) is 10.1. The molecule has 0 saturated carbocycles. The first-order chi connectivity index (χ1) is 7.90. The van der Waals surface area contributed by atoms with E-state index in [9.17, 15) is 13.5 Å². The number of hydrogen-bond acceptors (Lipinski definition) is 5. The Kier molecular flexibility index (Phi) is 5.33. The van der Waals surface area contributed by atoms with Gasteiger partial charge in [0.2, 0.25) is 10.0 Å². The van der Waals surface area contributed by atoms with Gasteiger partial charge in [0.15, 0.2) is 0 Å². The van der Waals surface area contributed by atoms with Crippen LogP contribution < -0.4 is 4.72 Å². The van der Waals surface area contributed by atoms with Crippen LogP contribution >= 0.6 is 0 Å². The van der Waals surface area contributed by atoms with E-state index in [4.69, 9.17) is 9.47 Å². The predicted octanol–water partition coefficient (Wildman–Crippen LogP) is -0.518. The van der Waals surface area contributed by atoms with Gasteiger partial charge in [0.25, 0.3) is 0 Å². The highest BCUT2D eigenvalue weighted by atomic mass is 32.2. The minimum atomic E-state index is -3.39. The predicted molar refractivity (Wildman–Crippen MR) is 63.3 cm³/mol. The van der Waals surface area contributed by atoms with Crippen molar-refractivity contribution in [2.75, 3.05) is 32.1 Å². The smallest absolute Gasteiger partial charge is 0.213 e. The van der Waals surface area contributed by atoms with Crippen molar-refractivity contribution in [2.45, 2.75) is 32.0 Å². The Balaban J connectivity index is 2.38. The molecule has 2 atom stereocenters. The molecule has 7 heteroatoms. The van der Waals surface area contributed by atoms with Crippen molar-refractivity contribution in [3.63, 3.8) is 0 Å². The summed E-state index contributed by atoms with van der Waals surface area (Å²) >= 11 is 0. The van der Waals surface area contributed by atoms with E-state index >= 15 is 0 Å². The Morgan fingerprint density at radius 1 is 1.59 bits per heavy atom. The maximum absolute atomic E-state index is 11.6. The van der Waals surface area contributed by atoms with Crippen LogP contribution in [0.3, 0.4) is 0 Å². The Hall–Kier alpha value is -0.210. The Morgan fingerprint density at radius 3 is 2.82 bits per heavy atom.